The minimum atomic E-state index is -0.465. The molecular weight excluding hydrogens is 294 g/mol. The molecule has 3 aromatic rings. The van der Waals surface area contributed by atoms with E-state index in [1.807, 2.05) is 43.5 Å². The second kappa shape index (κ2) is 6.27. The summed E-state index contributed by atoms with van der Waals surface area (Å²) in [6.07, 6.45) is 4.86. The summed E-state index contributed by atoms with van der Waals surface area (Å²) in [6.45, 7) is 2.01. The first-order valence-corrected chi connectivity index (χ1v) is 7.11. The Morgan fingerprint density at radius 3 is 2.70 bits per heavy atom. The standard InChI is InChI=1S/C16H15N5O2/c1-12(19-16-8-7-13(11-17-16)21(22)23)14-5-2-3-6-15(14)20-10-4-9-18-20/h2-12H,1H3,(H,17,19). The molecule has 1 atom stereocenters. The van der Waals surface area contributed by atoms with E-state index in [0.29, 0.717) is 5.82 Å². The van der Waals surface area contributed by atoms with Crippen molar-refractivity contribution in [3.8, 4) is 5.69 Å². The quantitative estimate of drug-likeness (QED) is 0.577. The Balaban J connectivity index is 1.84. The Bertz CT molecular complexity index is 800. The van der Waals surface area contributed by atoms with Gasteiger partial charge in [-0.3, -0.25) is 10.1 Å². The van der Waals surface area contributed by atoms with Gasteiger partial charge in [-0.05, 0) is 30.7 Å². The minimum absolute atomic E-state index is 0.0276. The fourth-order valence-electron chi connectivity index (χ4n) is 2.35. The van der Waals surface area contributed by atoms with Crippen LogP contribution in [0.4, 0.5) is 11.5 Å². The first-order valence-electron chi connectivity index (χ1n) is 7.11. The molecule has 1 unspecified atom stereocenters. The van der Waals surface area contributed by atoms with E-state index in [0.717, 1.165) is 11.3 Å². The second-order valence-corrected chi connectivity index (χ2v) is 5.03. The van der Waals surface area contributed by atoms with Crippen LogP contribution in [0.5, 0.6) is 0 Å². The molecule has 0 bridgehead atoms. The summed E-state index contributed by atoms with van der Waals surface area (Å²) in [6, 6.07) is 12.8. The third-order valence-corrected chi connectivity index (χ3v) is 3.48. The molecule has 0 aliphatic heterocycles. The van der Waals surface area contributed by atoms with E-state index in [2.05, 4.69) is 15.4 Å². The van der Waals surface area contributed by atoms with Crippen molar-refractivity contribution in [1.82, 2.24) is 14.8 Å². The molecule has 0 aliphatic rings. The lowest BCUT2D eigenvalue weighted by Crippen LogP contribution is -2.11. The molecule has 1 N–H and O–H groups in total. The van der Waals surface area contributed by atoms with Crippen LogP contribution in [0, 0.1) is 10.1 Å². The van der Waals surface area contributed by atoms with Gasteiger partial charge in [0.05, 0.1) is 16.7 Å². The van der Waals surface area contributed by atoms with Gasteiger partial charge in [0.25, 0.3) is 5.69 Å². The molecule has 0 fully saturated rings. The zero-order valence-electron chi connectivity index (χ0n) is 12.5. The third-order valence-electron chi connectivity index (χ3n) is 3.48. The number of nitrogens with zero attached hydrogens (tertiary/aromatic N) is 4. The van der Waals surface area contributed by atoms with Gasteiger partial charge >= 0.3 is 0 Å². The minimum Gasteiger partial charge on any atom is -0.363 e. The Hall–Kier alpha value is -3.22. The van der Waals surface area contributed by atoms with Crippen LogP contribution in [0.15, 0.2) is 61.1 Å². The summed E-state index contributed by atoms with van der Waals surface area (Å²) in [7, 11) is 0. The summed E-state index contributed by atoms with van der Waals surface area (Å²) in [5, 5.41) is 18.2. The van der Waals surface area contributed by atoms with Crippen LogP contribution in [0.3, 0.4) is 0 Å². The summed E-state index contributed by atoms with van der Waals surface area (Å²) in [5.41, 5.74) is 2.00. The lowest BCUT2D eigenvalue weighted by molar-refractivity contribution is -0.385. The molecule has 7 heteroatoms. The Kier molecular flexibility index (Phi) is 4.01. The molecule has 23 heavy (non-hydrogen) atoms. The van der Waals surface area contributed by atoms with Gasteiger partial charge in [-0.1, -0.05) is 18.2 Å². The highest BCUT2D eigenvalue weighted by Gasteiger charge is 2.13. The van der Waals surface area contributed by atoms with Gasteiger partial charge in [-0.25, -0.2) is 9.67 Å². The molecule has 0 radical (unpaired) electrons. The number of nitrogens with one attached hydrogen (secondary N) is 1. The van der Waals surface area contributed by atoms with Crippen molar-refractivity contribution in [1.29, 1.82) is 0 Å². The summed E-state index contributed by atoms with van der Waals surface area (Å²) >= 11 is 0. The normalized spacial score (nSPS) is 11.9. The summed E-state index contributed by atoms with van der Waals surface area (Å²) < 4.78 is 1.80. The average Bonchev–Trinajstić information content (AvgIpc) is 3.09. The highest BCUT2D eigenvalue weighted by molar-refractivity contribution is 5.47. The molecular formula is C16H15N5O2. The zero-order chi connectivity index (χ0) is 16.2. The van der Waals surface area contributed by atoms with Crippen LogP contribution in [0.1, 0.15) is 18.5 Å². The van der Waals surface area contributed by atoms with E-state index in [9.17, 15) is 10.1 Å². The van der Waals surface area contributed by atoms with Gasteiger partial charge in [0.2, 0.25) is 0 Å². The number of rotatable bonds is 5. The maximum atomic E-state index is 10.7. The van der Waals surface area contributed by atoms with Crippen molar-refractivity contribution in [2.75, 3.05) is 5.32 Å². The van der Waals surface area contributed by atoms with Crippen LogP contribution in [-0.4, -0.2) is 19.7 Å². The van der Waals surface area contributed by atoms with Crippen molar-refractivity contribution in [3.63, 3.8) is 0 Å². The average molecular weight is 309 g/mol. The smallest absolute Gasteiger partial charge is 0.287 e. The predicted octanol–water partition coefficient (Wildman–Crippen LogP) is 3.35. The highest BCUT2D eigenvalue weighted by Crippen LogP contribution is 2.24. The second-order valence-electron chi connectivity index (χ2n) is 5.03. The Morgan fingerprint density at radius 2 is 2.04 bits per heavy atom. The number of aromatic nitrogens is 3. The molecule has 0 spiro atoms. The number of benzene rings is 1. The van der Waals surface area contributed by atoms with E-state index in [-0.39, 0.29) is 11.7 Å². The number of nitro groups is 1. The van der Waals surface area contributed by atoms with Crippen LogP contribution in [0.2, 0.25) is 0 Å². The number of anilines is 1. The maximum absolute atomic E-state index is 10.7. The van der Waals surface area contributed by atoms with Crippen LogP contribution < -0.4 is 5.32 Å². The van der Waals surface area contributed by atoms with Crippen molar-refractivity contribution in [2.45, 2.75) is 13.0 Å². The van der Waals surface area contributed by atoms with Gasteiger partial charge < -0.3 is 5.32 Å². The first kappa shape index (κ1) is 14.7. The van der Waals surface area contributed by atoms with Gasteiger partial charge in [0.15, 0.2) is 0 Å². The third kappa shape index (κ3) is 3.18. The van der Waals surface area contributed by atoms with Gasteiger partial charge in [0, 0.05) is 18.5 Å². The fourth-order valence-corrected chi connectivity index (χ4v) is 2.35. The number of pyridine rings is 1. The van der Waals surface area contributed by atoms with Gasteiger partial charge in [-0.15, -0.1) is 0 Å². The van der Waals surface area contributed by atoms with Crippen molar-refractivity contribution in [2.24, 2.45) is 0 Å². The van der Waals surface area contributed by atoms with E-state index >= 15 is 0 Å². The van der Waals surface area contributed by atoms with Crippen molar-refractivity contribution < 1.29 is 4.92 Å². The molecule has 2 aromatic heterocycles. The molecule has 0 saturated heterocycles. The topological polar surface area (TPSA) is 85.9 Å². The largest absolute Gasteiger partial charge is 0.363 e. The lowest BCUT2D eigenvalue weighted by Gasteiger charge is -2.18. The highest BCUT2D eigenvalue weighted by atomic mass is 16.6. The Labute approximate surface area is 132 Å². The van der Waals surface area contributed by atoms with Crippen LogP contribution >= 0.6 is 0 Å². The van der Waals surface area contributed by atoms with E-state index < -0.39 is 4.92 Å². The number of hydrogen-bond donors (Lipinski definition) is 1. The lowest BCUT2D eigenvalue weighted by atomic mass is 10.1. The molecule has 1 aromatic carbocycles. The predicted molar refractivity (Wildman–Crippen MR) is 86.5 cm³/mol. The van der Waals surface area contributed by atoms with Gasteiger partial charge in [-0.2, -0.15) is 5.10 Å². The first-order chi connectivity index (χ1) is 11.1. The molecule has 2 heterocycles. The summed E-state index contributed by atoms with van der Waals surface area (Å²) in [4.78, 5) is 14.3. The fraction of sp³-hybridized carbons (Fsp3) is 0.125. The van der Waals surface area contributed by atoms with Crippen LogP contribution in [-0.2, 0) is 0 Å². The van der Waals surface area contributed by atoms with Crippen LogP contribution in [0.25, 0.3) is 5.69 Å². The molecule has 7 nitrogen and oxygen atoms in total. The molecule has 0 saturated carbocycles. The van der Waals surface area contributed by atoms with Crippen molar-refractivity contribution in [3.05, 3.63) is 76.7 Å². The monoisotopic (exact) mass is 309 g/mol. The van der Waals surface area contributed by atoms with Crippen molar-refractivity contribution >= 4 is 11.5 Å². The molecule has 0 aliphatic carbocycles. The zero-order valence-corrected chi connectivity index (χ0v) is 12.5. The van der Waals surface area contributed by atoms with E-state index in [4.69, 9.17) is 0 Å². The number of hydrogen-bond acceptors (Lipinski definition) is 5. The molecule has 0 amide bonds. The SMILES string of the molecule is CC(Nc1ccc([N+](=O)[O-])cn1)c1ccccc1-n1cccn1. The molecule has 116 valence electrons. The number of para-hydroxylation sites is 1. The maximum Gasteiger partial charge on any atom is 0.287 e. The molecule has 3 rings (SSSR count). The van der Waals surface area contributed by atoms with Gasteiger partial charge in [0.1, 0.15) is 12.0 Å². The van der Waals surface area contributed by atoms with E-state index in [1.165, 1.54) is 12.3 Å². The summed E-state index contributed by atoms with van der Waals surface area (Å²) in [5.74, 6) is 0.582. The van der Waals surface area contributed by atoms with E-state index in [1.54, 1.807) is 16.9 Å². The Morgan fingerprint density at radius 1 is 1.22 bits per heavy atom.